The number of hydrogen-bond donors (Lipinski definition) is 2. The fourth-order valence-corrected chi connectivity index (χ4v) is 2.47. The third-order valence-electron chi connectivity index (χ3n) is 3.53. The molecule has 1 amide bonds. The van der Waals surface area contributed by atoms with E-state index in [1.807, 2.05) is 0 Å². The normalized spacial score (nSPS) is 22.5. The fraction of sp³-hybridized carbons (Fsp3) is 0.500. The minimum atomic E-state index is -0.287. The summed E-state index contributed by atoms with van der Waals surface area (Å²) in [5.41, 5.74) is 7.30. The van der Waals surface area contributed by atoms with Crippen LogP contribution in [0.15, 0.2) is 18.2 Å². The van der Waals surface area contributed by atoms with Crippen LogP contribution >= 0.6 is 12.4 Å². The minimum absolute atomic E-state index is 0. The van der Waals surface area contributed by atoms with Gasteiger partial charge in [0.05, 0.1) is 0 Å². The lowest BCUT2D eigenvalue weighted by Gasteiger charge is -2.25. The summed E-state index contributed by atoms with van der Waals surface area (Å²) < 4.78 is 13.0. The van der Waals surface area contributed by atoms with E-state index >= 15 is 0 Å². The molecule has 1 aliphatic rings. The summed E-state index contributed by atoms with van der Waals surface area (Å²) in [5, 5.41) is 2.87. The first kappa shape index (κ1) is 15.9. The Hall–Kier alpha value is -1.13. The number of carbonyl (C=O) groups excluding carboxylic acids is 1. The van der Waals surface area contributed by atoms with Crippen molar-refractivity contribution in [1.82, 2.24) is 0 Å². The number of anilines is 1. The Kier molecular flexibility index (Phi) is 5.76. The number of aryl methyl sites for hydroxylation is 1. The Balaban J connectivity index is 0.00000180. The van der Waals surface area contributed by atoms with Gasteiger partial charge in [0, 0.05) is 17.6 Å². The van der Waals surface area contributed by atoms with Gasteiger partial charge in [-0.3, -0.25) is 4.79 Å². The summed E-state index contributed by atoms with van der Waals surface area (Å²) in [5.74, 6) is -0.303. The van der Waals surface area contributed by atoms with Gasteiger partial charge in [-0.1, -0.05) is 6.42 Å². The van der Waals surface area contributed by atoms with Gasteiger partial charge in [-0.2, -0.15) is 0 Å². The Morgan fingerprint density at radius 2 is 2.16 bits per heavy atom. The van der Waals surface area contributed by atoms with Gasteiger partial charge >= 0.3 is 0 Å². The molecule has 1 saturated carbocycles. The summed E-state index contributed by atoms with van der Waals surface area (Å²) in [4.78, 5) is 12.1. The Bertz CT molecular complexity index is 453. The SMILES string of the molecule is Cc1cc(F)ccc1NC(=O)C1CCCC(N)C1.Cl. The molecule has 0 aliphatic heterocycles. The molecule has 3 N–H and O–H groups in total. The fourth-order valence-electron chi connectivity index (χ4n) is 2.47. The number of halogens is 2. The van der Waals surface area contributed by atoms with Gasteiger partial charge in [0.25, 0.3) is 0 Å². The zero-order valence-electron chi connectivity index (χ0n) is 11.0. The first-order valence-corrected chi connectivity index (χ1v) is 6.39. The van der Waals surface area contributed by atoms with Gasteiger partial charge in [-0.25, -0.2) is 4.39 Å². The summed E-state index contributed by atoms with van der Waals surface area (Å²) in [7, 11) is 0. The second kappa shape index (κ2) is 6.87. The molecular weight excluding hydrogens is 267 g/mol. The molecule has 0 aromatic heterocycles. The molecule has 0 bridgehead atoms. The summed E-state index contributed by atoms with van der Waals surface area (Å²) >= 11 is 0. The molecule has 0 saturated heterocycles. The number of benzene rings is 1. The van der Waals surface area contributed by atoms with Crippen molar-refractivity contribution >= 4 is 24.0 Å². The largest absolute Gasteiger partial charge is 0.328 e. The van der Waals surface area contributed by atoms with Crippen molar-refractivity contribution in [2.45, 2.75) is 38.6 Å². The smallest absolute Gasteiger partial charge is 0.227 e. The molecule has 2 rings (SSSR count). The van der Waals surface area contributed by atoms with Crippen molar-refractivity contribution in [3.05, 3.63) is 29.6 Å². The first-order chi connectivity index (χ1) is 8.56. The van der Waals surface area contributed by atoms with Gasteiger partial charge in [-0.15, -0.1) is 12.4 Å². The molecule has 106 valence electrons. The molecular formula is C14H20ClFN2O. The van der Waals surface area contributed by atoms with E-state index in [1.54, 1.807) is 13.0 Å². The van der Waals surface area contributed by atoms with Crippen LogP contribution in [0.25, 0.3) is 0 Å². The minimum Gasteiger partial charge on any atom is -0.328 e. The van der Waals surface area contributed by atoms with Crippen LogP contribution in [0.3, 0.4) is 0 Å². The highest BCUT2D eigenvalue weighted by molar-refractivity contribution is 5.93. The zero-order chi connectivity index (χ0) is 13.1. The summed E-state index contributed by atoms with van der Waals surface area (Å²) in [6.45, 7) is 1.78. The lowest BCUT2D eigenvalue weighted by Crippen LogP contribution is -2.34. The van der Waals surface area contributed by atoms with Crippen LogP contribution in [0.4, 0.5) is 10.1 Å². The predicted molar refractivity (Wildman–Crippen MR) is 76.9 cm³/mol. The molecule has 1 aromatic rings. The lowest BCUT2D eigenvalue weighted by molar-refractivity contribution is -0.120. The number of nitrogens with one attached hydrogen (secondary N) is 1. The van der Waals surface area contributed by atoms with E-state index in [1.165, 1.54) is 12.1 Å². The quantitative estimate of drug-likeness (QED) is 0.878. The van der Waals surface area contributed by atoms with E-state index < -0.39 is 0 Å². The monoisotopic (exact) mass is 286 g/mol. The van der Waals surface area contributed by atoms with Crippen molar-refractivity contribution in [2.24, 2.45) is 11.7 Å². The van der Waals surface area contributed by atoms with Crippen LogP contribution in [0.2, 0.25) is 0 Å². The number of amides is 1. The Morgan fingerprint density at radius 3 is 2.79 bits per heavy atom. The molecule has 1 aromatic carbocycles. The average molecular weight is 287 g/mol. The molecule has 1 fully saturated rings. The van der Waals surface area contributed by atoms with E-state index in [9.17, 15) is 9.18 Å². The summed E-state index contributed by atoms with van der Waals surface area (Å²) in [6.07, 6.45) is 3.63. The van der Waals surface area contributed by atoms with Gasteiger partial charge < -0.3 is 11.1 Å². The van der Waals surface area contributed by atoms with E-state index in [4.69, 9.17) is 5.73 Å². The van der Waals surface area contributed by atoms with Crippen molar-refractivity contribution in [3.63, 3.8) is 0 Å². The van der Waals surface area contributed by atoms with Crippen molar-refractivity contribution in [3.8, 4) is 0 Å². The molecule has 19 heavy (non-hydrogen) atoms. The maximum Gasteiger partial charge on any atom is 0.227 e. The van der Waals surface area contributed by atoms with Crippen LogP contribution in [0.5, 0.6) is 0 Å². The summed E-state index contributed by atoms with van der Waals surface area (Å²) in [6, 6.07) is 4.51. The van der Waals surface area contributed by atoms with Crippen molar-refractivity contribution in [2.75, 3.05) is 5.32 Å². The highest BCUT2D eigenvalue weighted by Gasteiger charge is 2.25. The van der Waals surface area contributed by atoms with Gasteiger partial charge in [0.1, 0.15) is 5.82 Å². The molecule has 2 atom stereocenters. The van der Waals surface area contributed by atoms with Crippen LogP contribution in [0.1, 0.15) is 31.2 Å². The topological polar surface area (TPSA) is 55.1 Å². The standard InChI is InChI=1S/C14H19FN2O.ClH/c1-9-7-11(15)5-6-13(9)17-14(18)10-3-2-4-12(16)8-10;/h5-7,10,12H,2-4,8,16H2,1H3,(H,17,18);1H. The Labute approximate surface area is 119 Å². The maximum atomic E-state index is 13.0. The predicted octanol–water partition coefficient (Wildman–Crippen LogP) is 3.01. The molecule has 1 aliphatic carbocycles. The zero-order valence-corrected chi connectivity index (χ0v) is 11.8. The molecule has 5 heteroatoms. The molecule has 0 heterocycles. The van der Waals surface area contributed by atoms with Gasteiger partial charge in [0.15, 0.2) is 0 Å². The van der Waals surface area contributed by atoms with Crippen LogP contribution in [0, 0.1) is 18.7 Å². The van der Waals surface area contributed by atoms with Crippen molar-refractivity contribution in [1.29, 1.82) is 0 Å². The number of rotatable bonds is 2. The third kappa shape index (κ3) is 4.18. The Morgan fingerprint density at radius 1 is 1.42 bits per heavy atom. The van der Waals surface area contributed by atoms with E-state index in [0.29, 0.717) is 5.69 Å². The van der Waals surface area contributed by atoms with Gasteiger partial charge in [-0.05, 0) is 49.9 Å². The van der Waals surface area contributed by atoms with E-state index in [0.717, 1.165) is 31.2 Å². The maximum absolute atomic E-state index is 13.0. The second-order valence-electron chi connectivity index (χ2n) is 5.07. The van der Waals surface area contributed by atoms with Crippen LogP contribution in [-0.2, 0) is 4.79 Å². The second-order valence-corrected chi connectivity index (χ2v) is 5.07. The molecule has 0 spiro atoms. The highest BCUT2D eigenvalue weighted by atomic mass is 35.5. The average Bonchev–Trinajstić information content (AvgIpc) is 2.32. The molecule has 3 nitrogen and oxygen atoms in total. The highest BCUT2D eigenvalue weighted by Crippen LogP contribution is 2.25. The van der Waals surface area contributed by atoms with E-state index in [2.05, 4.69) is 5.32 Å². The molecule has 0 radical (unpaired) electrons. The van der Waals surface area contributed by atoms with Gasteiger partial charge in [0.2, 0.25) is 5.91 Å². The number of hydrogen-bond acceptors (Lipinski definition) is 2. The van der Waals surface area contributed by atoms with Crippen LogP contribution < -0.4 is 11.1 Å². The first-order valence-electron chi connectivity index (χ1n) is 6.39. The third-order valence-corrected chi connectivity index (χ3v) is 3.53. The van der Waals surface area contributed by atoms with Crippen LogP contribution in [-0.4, -0.2) is 11.9 Å². The lowest BCUT2D eigenvalue weighted by atomic mass is 9.85. The van der Waals surface area contributed by atoms with Crippen molar-refractivity contribution < 1.29 is 9.18 Å². The molecule has 2 unspecified atom stereocenters. The number of carbonyl (C=O) groups is 1. The number of nitrogens with two attached hydrogens (primary N) is 1. The van der Waals surface area contributed by atoms with E-state index in [-0.39, 0.29) is 36.1 Å².